The molecule has 6 rings (SSSR count). The summed E-state index contributed by atoms with van der Waals surface area (Å²) in [6.45, 7) is 0. The largest absolute Gasteiger partial charge is 0.346 e. The molecule has 4 fully saturated rings. The van der Waals surface area contributed by atoms with E-state index in [4.69, 9.17) is 16.6 Å². The summed E-state index contributed by atoms with van der Waals surface area (Å²) in [6, 6.07) is 7.98. The average molecular weight is 418 g/mol. The molecule has 28 heavy (non-hydrogen) atoms. The van der Waals surface area contributed by atoms with Gasteiger partial charge in [-0.15, -0.1) is 11.6 Å². The van der Waals surface area contributed by atoms with Crippen LogP contribution >= 0.6 is 23.4 Å². The molecule has 1 heterocycles. The van der Waals surface area contributed by atoms with Gasteiger partial charge in [-0.2, -0.15) is 11.8 Å². The van der Waals surface area contributed by atoms with E-state index in [1.54, 1.807) is 11.8 Å². The van der Waals surface area contributed by atoms with Crippen molar-refractivity contribution in [2.24, 2.45) is 17.3 Å². The summed E-state index contributed by atoms with van der Waals surface area (Å²) >= 11 is 8.76. The van der Waals surface area contributed by atoms with Gasteiger partial charge >= 0.3 is 0 Å². The zero-order valence-corrected chi connectivity index (χ0v) is 17.9. The lowest BCUT2D eigenvalue weighted by molar-refractivity contribution is -0.145. The number of H-pyrrole nitrogens is 1. The second-order valence-corrected chi connectivity index (χ2v) is 11.1. The molecule has 3 atom stereocenters. The molecule has 2 aromatic rings. The Morgan fingerprint density at radius 2 is 2.07 bits per heavy atom. The van der Waals surface area contributed by atoms with E-state index in [1.807, 2.05) is 24.3 Å². The molecule has 0 radical (unpaired) electrons. The molecular formula is C22H28ClN3OS. The molecule has 4 aliphatic rings. The quantitative estimate of drug-likeness (QED) is 0.646. The Bertz CT molecular complexity index is 850. The lowest BCUT2D eigenvalue weighted by Gasteiger charge is -2.59. The topological polar surface area (TPSA) is 57.8 Å². The summed E-state index contributed by atoms with van der Waals surface area (Å²) in [6.07, 6.45) is 9.31. The number of rotatable bonds is 6. The number of aromatic amines is 1. The van der Waals surface area contributed by atoms with Crippen molar-refractivity contribution in [3.05, 3.63) is 30.1 Å². The van der Waals surface area contributed by atoms with Gasteiger partial charge in [0.05, 0.1) is 22.5 Å². The third-order valence-corrected chi connectivity index (χ3v) is 8.21. The Labute approximate surface area is 175 Å². The molecule has 4 bridgehead atoms. The van der Waals surface area contributed by atoms with Gasteiger partial charge in [-0.05, 0) is 80.9 Å². The molecule has 6 heteroatoms. The van der Waals surface area contributed by atoms with Gasteiger partial charge in [0.25, 0.3) is 0 Å². The molecule has 1 aromatic heterocycles. The summed E-state index contributed by atoms with van der Waals surface area (Å²) in [5.74, 6) is 3.31. The highest BCUT2D eigenvalue weighted by Crippen LogP contribution is 2.63. The van der Waals surface area contributed by atoms with Gasteiger partial charge in [0, 0.05) is 4.87 Å². The molecular weight excluding hydrogens is 390 g/mol. The van der Waals surface area contributed by atoms with Crippen LogP contribution in [0, 0.1) is 17.3 Å². The Balaban J connectivity index is 1.40. The number of hydrogen-bond donors (Lipinski definition) is 2. The van der Waals surface area contributed by atoms with Crippen LogP contribution in [-0.2, 0) is 4.79 Å². The van der Waals surface area contributed by atoms with Crippen molar-refractivity contribution in [3.8, 4) is 0 Å². The highest BCUT2D eigenvalue weighted by molar-refractivity contribution is 7.98. The van der Waals surface area contributed by atoms with E-state index in [2.05, 4.69) is 16.6 Å². The first-order valence-electron chi connectivity index (χ1n) is 10.4. The minimum atomic E-state index is -0.268. The van der Waals surface area contributed by atoms with Crippen molar-refractivity contribution in [1.29, 1.82) is 0 Å². The number of para-hydroxylation sites is 2. The fourth-order valence-corrected chi connectivity index (χ4v) is 7.54. The van der Waals surface area contributed by atoms with E-state index in [0.717, 1.165) is 61.1 Å². The van der Waals surface area contributed by atoms with Gasteiger partial charge in [-0.1, -0.05) is 12.1 Å². The fourth-order valence-electron chi connectivity index (χ4n) is 6.38. The summed E-state index contributed by atoms with van der Waals surface area (Å²) in [5, 5.41) is 3.40. The molecule has 4 nitrogen and oxygen atoms in total. The summed E-state index contributed by atoms with van der Waals surface area (Å²) in [5.41, 5.74) is 1.71. The Hall–Kier alpha value is -1.20. The SMILES string of the molecule is CSCC[C@H](NC(=O)C12C[C@H]3C[C@@H](CC(Cl)(C3)C1)C2)c1nc2ccccc2[nH]1. The predicted octanol–water partition coefficient (Wildman–Crippen LogP) is 5.05. The second-order valence-electron chi connectivity index (χ2n) is 9.34. The van der Waals surface area contributed by atoms with Crippen LogP contribution < -0.4 is 5.32 Å². The second kappa shape index (κ2) is 6.94. The van der Waals surface area contributed by atoms with Crippen molar-refractivity contribution in [2.75, 3.05) is 12.0 Å². The van der Waals surface area contributed by atoms with Gasteiger partial charge < -0.3 is 10.3 Å². The van der Waals surface area contributed by atoms with Crippen LogP contribution in [0.25, 0.3) is 11.0 Å². The first-order valence-corrected chi connectivity index (χ1v) is 12.2. The van der Waals surface area contributed by atoms with E-state index in [0.29, 0.717) is 11.8 Å². The van der Waals surface area contributed by atoms with Crippen LogP contribution in [0.15, 0.2) is 24.3 Å². The van der Waals surface area contributed by atoms with Crippen LogP contribution in [0.5, 0.6) is 0 Å². The van der Waals surface area contributed by atoms with Gasteiger partial charge in [0.2, 0.25) is 5.91 Å². The maximum absolute atomic E-state index is 13.6. The Kier molecular flexibility index (Phi) is 4.66. The number of fused-ring (bicyclic) bond motifs is 1. The summed E-state index contributed by atoms with van der Waals surface area (Å²) < 4.78 is 0. The van der Waals surface area contributed by atoms with Crippen molar-refractivity contribution in [2.45, 2.75) is 55.9 Å². The van der Waals surface area contributed by atoms with E-state index in [-0.39, 0.29) is 22.2 Å². The van der Waals surface area contributed by atoms with E-state index < -0.39 is 0 Å². The third kappa shape index (κ3) is 3.24. The first-order chi connectivity index (χ1) is 13.5. The summed E-state index contributed by atoms with van der Waals surface area (Å²) in [7, 11) is 0. The number of alkyl halides is 1. The average Bonchev–Trinajstić information content (AvgIpc) is 3.07. The number of benzene rings is 1. The highest BCUT2D eigenvalue weighted by Gasteiger charge is 2.60. The number of amides is 1. The van der Waals surface area contributed by atoms with Crippen LogP contribution in [0.3, 0.4) is 0 Å². The molecule has 0 spiro atoms. The highest BCUT2D eigenvalue weighted by atomic mass is 35.5. The monoisotopic (exact) mass is 417 g/mol. The normalized spacial score (nSPS) is 34.6. The molecule has 4 saturated carbocycles. The Morgan fingerprint density at radius 1 is 1.32 bits per heavy atom. The number of halogens is 1. The minimum absolute atomic E-state index is 0.0772. The van der Waals surface area contributed by atoms with Crippen LogP contribution in [0.1, 0.15) is 56.8 Å². The molecule has 2 N–H and O–H groups in total. The number of carbonyl (C=O) groups excluding carboxylic acids is 1. The smallest absolute Gasteiger partial charge is 0.226 e. The third-order valence-electron chi connectivity index (χ3n) is 7.13. The molecule has 1 amide bonds. The van der Waals surface area contributed by atoms with Crippen molar-refractivity contribution in [1.82, 2.24) is 15.3 Å². The zero-order chi connectivity index (χ0) is 19.4. The fraction of sp³-hybridized carbons (Fsp3) is 0.636. The lowest BCUT2D eigenvalue weighted by atomic mass is 9.49. The number of thioether (sulfide) groups is 1. The van der Waals surface area contributed by atoms with Crippen molar-refractivity contribution in [3.63, 3.8) is 0 Å². The number of nitrogens with one attached hydrogen (secondary N) is 2. The van der Waals surface area contributed by atoms with E-state index in [9.17, 15) is 4.79 Å². The number of imidazole rings is 1. The predicted molar refractivity (Wildman–Crippen MR) is 116 cm³/mol. The standard InChI is InChI=1S/C22H28ClN3OS/c1-28-7-6-18(19-24-16-4-2-3-5-17(16)25-19)26-20(27)21-9-14-8-15(10-21)12-22(23,11-14)13-21/h2-5,14-15,18H,6-13H2,1H3,(H,24,25)(H,26,27)/t14-,15-,18+,21?,22?/m1/s1. The van der Waals surface area contributed by atoms with E-state index >= 15 is 0 Å². The van der Waals surface area contributed by atoms with Crippen molar-refractivity contribution >= 4 is 40.3 Å². The maximum atomic E-state index is 13.6. The van der Waals surface area contributed by atoms with Crippen molar-refractivity contribution < 1.29 is 4.79 Å². The van der Waals surface area contributed by atoms with Gasteiger partial charge in [-0.3, -0.25) is 4.79 Å². The molecule has 0 aliphatic heterocycles. The van der Waals surface area contributed by atoms with Gasteiger partial charge in [-0.25, -0.2) is 4.98 Å². The Morgan fingerprint density at radius 3 is 2.75 bits per heavy atom. The van der Waals surface area contributed by atoms with Crippen LogP contribution in [-0.4, -0.2) is 32.8 Å². The van der Waals surface area contributed by atoms with E-state index in [1.165, 1.54) is 6.42 Å². The first kappa shape index (κ1) is 18.8. The number of nitrogens with zero attached hydrogens (tertiary/aromatic N) is 1. The minimum Gasteiger partial charge on any atom is -0.346 e. The molecule has 150 valence electrons. The molecule has 1 aromatic carbocycles. The maximum Gasteiger partial charge on any atom is 0.226 e. The van der Waals surface area contributed by atoms with Gasteiger partial charge in [0.1, 0.15) is 5.82 Å². The molecule has 0 unspecified atom stereocenters. The number of carbonyl (C=O) groups is 1. The lowest BCUT2D eigenvalue weighted by Crippen LogP contribution is -2.58. The molecule has 4 aliphatic carbocycles. The number of hydrogen-bond acceptors (Lipinski definition) is 3. The van der Waals surface area contributed by atoms with Crippen LogP contribution in [0.2, 0.25) is 0 Å². The molecule has 0 saturated heterocycles. The van der Waals surface area contributed by atoms with Crippen LogP contribution in [0.4, 0.5) is 0 Å². The summed E-state index contributed by atoms with van der Waals surface area (Å²) in [4.78, 5) is 21.6. The zero-order valence-electron chi connectivity index (χ0n) is 16.3. The number of aromatic nitrogens is 2. The van der Waals surface area contributed by atoms with Gasteiger partial charge in [0.15, 0.2) is 0 Å².